The first kappa shape index (κ1) is 19.9. The van der Waals surface area contributed by atoms with Gasteiger partial charge in [-0.2, -0.15) is 13.2 Å². The number of carboxylic acid groups (broad SMARTS) is 1. The second-order valence-electron chi connectivity index (χ2n) is 5.51. The molecule has 0 bridgehead atoms. The van der Waals surface area contributed by atoms with Gasteiger partial charge in [-0.15, -0.1) is 0 Å². The molecule has 12 heteroatoms. The number of benzene rings is 1. The van der Waals surface area contributed by atoms with Crippen molar-refractivity contribution in [3.63, 3.8) is 0 Å². The zero-order valence-electron chi connectivity index (χ0n) is 13.2. The molecule has 0 unspecified atom stereocenters. The summed E-state index contributed by atoms with van der Waals surface area (Å²) in [6, 6.07) is -0.380. The molecule has 2 atom stereocenters. The van der Waals surface area contributed by atoms with Gasteiger partial charge in [0.05, 0.1) is 22.8 Å². The number of halogens is 4. The summed E-state index contributed by atoms with van der Waals surface area (Å²) in [6.07, 6.45) is -7.33. The van der Waals surface area contributed by atoms with Crippen molar-refractivity contribution in [3.05, 3.63) is 29.6 Å². The number of alkyl halides is 3. The predicted octanol–water partition coefficient (Wildman–Crippen LogP) is 1.91. The minimum absolute atomic E-state index is 0.0502. The van der Waals surface area contributed by atoms with E-state index in [-0.39, 0.29) is 6.07 Å². The van der Waals surface area contributed by atoms with Gasteiger partial charge in [-0.1, -0.05) is 0 Å². The molecule has 0 spiro atoms. The quantitative estimate of drug-likeness (QED) is 0.473. The Morgan fingerprint density at radius 3 is 2.42 bits per heavy atom. The fraction of sp³-hybridized carbons (Fsp3) is 0.429. The normalized spacial score (nSPS) is 20.9. The number of likely N-dealkylation sites (tertiary alicyclic amines) is 1. The van der Waals surface area contributed by atoms with Crippen molar-refractivity contribution in [2.24, 2.45) is 0 Å². The lowest BCUT2D eigenvalue weighted by Gasteiger charge is -2.18. The van der Waals surface area contributed by atoms with Crippen LogP contribution in [0.15, 0.2) is 23.1 Å². The minimum atomic E-state index is -5.14. The van der Waals surface area contributed by atoms with Gasteiger partial charge in [0, 0.05) is 6.54 Å². The third-order valence-corrected chi connectivity index (χ3v) is 6.16. The molecule has 26 heavy (non-hydrogen) atoms. The number of hydrogen-bond acceptors (Lipinski definition) is 5. The topological polar surface area (TPSA) is 101 Å². The van der Waals surface area contributed by atoms with Crippen LogP contribution in [0.4, 0.5) is 22.4 Å². The van der Waals surface area contributed by atoms with Crippen LogP contribution in [-0.4, -0.2) is 55.4 Å². The maximum Gasteiger partial charge on any atom is 0.417 e. The average Bonchev–Trinajstić information content (AvgIpc) is 2.99. The van der Waals surface area contributed by atoms with Crippen molar-refractivity contribution in [1.29, 1.82) is 0 Å². The fourth-order valence-electron chi connectivity index (χ4n) is 2.74. The summed E-state index contributed by atoms with van der Waals surface area (Å²) in [4.78, 5) is 22.2. The molecule has 1 aromatic carbocycles. The monoisotopic (exact) mass is 399 g/mol. The summed E-state index contributed by atoms with van der Waals surface area (Å²) in [7, 11) is -3.75. The number of nitrogens with zero attached hydrogens (tertiary/aromatic N) is 1. The molecule has 1 aromatic rings. The summed E-state index contributed by atoms with van der Waals surface area (Å²) in [5, 5.41) is 7.48. The van der Waals surface area contributed by atoms with E-state index in [1.165, 1.54) is 0 Å². The Morgan fingerprint density at radius 2 is 1.92 bits per heavy atom. The zero-order chi connectivity index (χ0) is 19.9. The van der Waals surface area contributed by atoms with Crippen LogP contribution in [0.2, 0.25) is 0 Å². The second kappa shape index (κ2) is 6.74. The van der Waals surface area contributed by atoms with E-state index >= 15 is 0 Å². The van der Waals surface area contributed by atoms with Crippen molar-refractivity contribution >= 4 is 21.9 Å². The number of hydrogen-bond donors (Lipinski definition) is 1. The number of carbonyl (C=O) groups is 2. The Labute approximate surface area is 145 Å². The molecule has 1 amide bonds. The standard InChI is InChI=1S/C14H13F4NO6S/c1-25-12(20)10-5-8(6-19(10)13(21)22)26(23,24)11-3-2-7(15)4-9(11)14(16,17)18/h2-4,8,10H,5-6H2,1H3,(H,21,22)/t8-,10+/m1/s1. The maximum absolute atomic E-state index is 13.2. The maximum atomic E-state index is 13.2. The number of sulfone groups is 1. The summed E-state index contributed by atoms with van der Waals surface area (Å²) in [5.41, 5.74) is -1.69. The van der Waals surface area contributed by atoms with Crippen molar-refractivity contribution < 1.29 is 45.4 Å². The summed E-state index contributed by atoms with van der Waals surface area (Å²) < 4.78 is 82.2. The Kier molecular flexibility index (Phi) is 5.17. The van der Waals surface area contributed by atoms with Crippen LogP contribution in [0.1, 0.15) is 12.0 Å². The molecule has 1 aliphatic heterocycles. The van der Waals surface area contributed by atoms with Crippen molar-refractivity contribution in [3.8, 4) is 0 Å². The number of ether oxygens (including phenoxy) is 1. The number of carbonyl (C=O) groups excluding carboxylic acids is 1. The molecule has 0 aliphatic carbocycles. The number of amides is 1. The zero-order valence-corrected chi connectivity index (χ0v) is 14.0. The van der Waals surface area contributed by atoms with Gasteiger partial charge in [-0.05, 0) is 24.6 Å². The lowest BCUT2D eigenvalue weighted by Crippen LogP contribution is -2.40. The van der Waals surface area contributed by atoms with Crippen LogP contribution < -0.4 is 0 Å². The third kappa shape index (κ3) is 3.59. The van der Waals surface area contributed by atoms with E-state index in [1.807, 2.05) is 0 Å². The number of rotatable bonds is 3. The van der Waals surface area contributed by atoms with E-state index in [1.54, 1.807) is 0 Å². The molecular formula is C14H13F4NO6S. The Balaban J connectivity index is 2.49. The van der Waals surface area contributed by atoms with Crippen molar-refractivity contribution in [1.82, 2.24) is 4.90 Å². The van der Waals surface area contributed by atoms with Gasteiger partial charge in [0.15, 0.2) is 9.84 Å². The number of esters is 1. The molecule has 0 aromatic heterocycles. The van der Waals surface area contributed by atoms with Gasteiger partial charge in [0.25, 0.3) is 0 Å². The molecular weight excluding hydrogens is 386 g/mol. The first-order chi connectivity index (χ1) is 11.9. The first-order valence-electron chi connectivity index (χ1n) is 7.07. The molecule has 144 valence electrons. The van der Waals surface area contributed by atoms with E-state index in [9.17, 15) is 35.6 Å². The van der Waals surface area contributed by atoms with Crippen LogP contribution in [0.3, 0.4) is 0 Å². The molecule has 2 rings (SSSR count). The molecule has 0 saturated carbocycles. The van der Waals surface area contributed by atoms with E-state index in [2.05, 4.69) is 4.74 Å². The fourth-order valence-corrected chi connectivity index (χ4v) is 4.64. The van der Waals surface area contributed by atoms with Gasteiger partial charge >= 0.3 is 18.2 Å². The molecule has 1 aliphatic rings. The highest BCUT2D eigenvalue weighted by Gasteiger charge is 2.48. The molecule has 1 N–H and O–H groups in total. The molecule has 1 fully saturated rings. The average molecular weight is 399 g/mol. The molecule has 0 radical (unpaired) electrons. The van der Waals surface area contributed by atoms with E-state index in [0.717, 1.165) is 7.11 Å². The lowest BCUT2D eigenvalue weighted by molar-refractivity contribution is -0.145. The van der Waals surface area contributed by atoms with Crippen LogP contribution in [0, 0.1) is 5.82 Å². The van der Waals surface area contributed by atoms with Gasteiger partial charge in [-0.3, -0.25) is 4.90 Å². The molecule has 1 heterocycles. The van der Waals surface area contributed by atoms with Gasteiger partial charge in [0.1, 0.15) is 11.9 Å². The second-order valence-corrected chi connectivity index (χ2v) is 7.71. The van der Waals surface area contributed by atoms with Crippen molar-refractivity contribution in [2.45, 2.75) is 28.8 Å². The smallest absolute Gasteiger partial charge is 0.417 e. The first-order valence-corrected chi connectivity index (χ1v) is 8.62. The van der Waals surface area contributed by atoms with Crippen LogP contribution in [0.25, 0.3) is 0 Å². The third-order valence-electron chi connectivity index (χ3n) is 3.97. The largest absolute Gasteiger partial charge is 0.467 e. The number of methoxy groups -OCH3 is 1. The van der Waals surface area contributed by atoms with Crippen molar-refractivity contribution in [2.75, 3.05) is 13.7 Å². The highest BCUT2D eigenvalue weighted by molar-refractivity contribution is 7.92. The van der Waals surface area contributed by atoms with E-state index in [4.69, 9.17) is 5.11 Å². The van der Waals surface area contributed by atoms with Gasteiger partial charge in [0.2, 0.25) is 0 Å². The predicted molar refractivity (Wildman–Crippen MR) is 77.5 cm³/mol. The highest BCUT2D eigenvalue weighted by atomic mass is 32.2. The molecule has 1 saturated heterocycles. The summed E-state index contributed by atoms with van der Waals surface area (Å²) in [6.45, 7) is -0.716. The van der Waals surface area contributed by atoms with E-state index < -0.39 is 68.6 Å². The summed E-state index contributed by atoms with van der Waals surface area (Å²) in [5.74, 6) is -2.30. The lowest BCUT2D eigenvalue weighted by atomic mass is 10.2. The van der Waals surface area contributed by atoms with Gasteiger partial charge in [-0.25, -0.2) is 22.4 Å². The SMILES string of the molecule is COC(=O)[C@@H]1C[C@@H](S(=O)(=O)c2ccc(F)cc2C(F)(F)F)CN1C(=O)O. The Hall–Kier alpha value is -2.37. The van der Waals surface area contributed by atoms with Crippen LogP contribution in [0.5, 0.6) is 0 Å². The molecule has 7 nitrogen and oxygen atoms in total. The minimum Gasteiger partial charge on any atom is -0.467 e. The van der Waals surface area contributed by atoms with E-state index in [0.29, 0.717) is 17.0 Å². The Morgan fingerprint density at radius 1 is 1.31 bits per heavy atom. The Bertz CT molecular complexity index is 838. The van der Waals surface area contributed by atoms with Crippen LogP contribution in [-0.2, 0) is 25.5 Å². The summed E-state index contributed by atoms with van der Waals surface area (Å²) >= 11 is 0. The van der Waals surface area contributed by atoms with Crippen LogP contribution >= 0.6 is 0 Å². The highest BCUT2D eigenvalue weighted by Crippen LogP contribution is 2.38. The van der Waals surface area contributed by atoms with Gasteiger partial charge < -0.3 is 9.84 Å².